The third kappa shape index (κ3) is 4.78. The number of methoxy groups -OCH3 is 1. The van der Waals surface area contributed by atoms with Crippen molar-refractivity contribution in [3.8, 4) is 17.1 Å². The SMILES string of the molecule is CCn1c(SCCCC(=O)c2ccc(F)cc2)nnc1-c1ccc(OC)cc1. The zero-order chi connectivity index (χ0) is 19.9. The molecule has 2 aromatic carbocycles. The van der Waals surface area contributed by atoms with Crippen LogP contribution in [0.3, 0.4) is 0 Å². The summed E-state index contributed by atoms with van der Waals surface area (Å²) in [7, 11) is 1.64. The Kier molecular flexibility index (Phi) is 6.81. The number of halogens is 1. The number of carbonyl (C=O) groups is 1. The van der Waals surface area contributed by atoms with Crippen molar-refractivity contribution in [3.63, 3.8) is 0 Å². The van der Waals surface area contributed by atoms with Gasteiger partial charge in [0.1, 0.15) is 11.6 Å². The van der Waals surface area contributed by atoms with Crippen LogP contribution in [0.1, 0.15) is 30.1 Å². The van der Waals surface area contributed by atoms with E-state index < -0.39 is 0 Å². The maximum absolute atomic E-state index is 12.9. The number of hydrogen-bond donors (Lipinski definition) is 0. The molecule has 3 aromatic rings. The van der Waals surface area contributed by atoms with Crippen LogP contribution in [0.2, 0.25) is 0 Å². The molecule has 28 heavy (non-hydrogen) atoms. The highest BCUT2D eigenvalue weighted by Gasteiger charge is 2.13. The number of ether oxygens (including phenoxy) is 1. The minimum absolute atomic E-state index is 0.0245. The molecule has 146 valence electrons. The van der Waals surface area contributed by atoms with Crippen molar-refractivity contribution in [3.05, 3.63) is 59.9 Å². The molecule has 0 unspecified atom stereocenters. The van der Waals surface area contributed by atoms with Gasteiger partial charge in [0, 0.05) is 29.8 Å². The van der Waals surface area contributed by atoms with Crippen molar-refractivity contribution < 1.29 is 13.9 Å². The van der Waals surface area contributed by atoms with E-state index in [0.29, 0.717) is 12.0 Å². The molecule has 0 saturated heterocycles. The molecule has 1 heterocycles. The van der Waals surface area contributed by atoms with Gasteiger partial charge in [-0.15, -0.1) is 10.2 Å². The van der Waals surface area contributed by atoms with Crippen molar-refractivity contribution >= 4 is 17.5 Å². The molecule has 0 amide bonds. The van der Waals surface area contributed by atoms with Crippen LogP contribution < -0.4 is 4.74 Å². The van der Waals surface area contributed by atoms with E-state index in [1.54, 1.807) is 18.9 Å². The molecule has 0 N–H and O–H groups in total. The van der Waals surface area contributed by atoms with Gasteiger partial charge in [-0.1, -0.05) is 11.8 Å². The number of rotatable bonds is 9. The van der Waals surface area contributed by atoms with E-state index in [2.05, 4.69) is 21.7 Å². The molecular weight excluding hydrogens is 377 g/mol. The highest BCUT2D eigenvalue weighted by atomic mass is 32.2. The van der Waals surface area contributed by atoms with E-state index in [1.165, 1.54) is 24.3 Å². The van der Waals surface area contributed by atoms with Gasteiger partial charge in [0.2, 0.25) is 0 Å². The zero-order valence-electron chi connectivity index (χ0n) is 15.9. The van der Waals surface area contributed by atoms with Gasteiger partial charge in [0.15, 0.2) is 16.8 Å². The lowest BCUT2D eigenvalue weighted by atomic mass is 10.1. The van der Waals surface area contributed by atoms with Crippen LogP contribution in [-0.2, 0) is 6.54 Å². The zero-order valence-corrected chi connectivity index (χ0v) is 16.7. The molecule has 0 aliphatic heterocycles. The number of Topliss-reactive ketones (excluding diaryl/α,β-unsaturated/α-hetero) is 1. The second-order valence-electron chi connectivity index (χ2n) is 6.16. The van der Waals surface area contributed by atoms with Crippen LogP contribution in [0.4, 0.5) is 4.39 Å². The summed E-state index contributed by atoms with van der Waals surface area (Å²) >= 11 is 1.59. The third-order valence-electron chi connectivity index (χ3n) is 4.33. The lowest BCUT2D eigenvalue weighted by Crippen LogP contribution is -2.02. The van der Waals surface area contributed by atoms with E-state index >= 15 is 0 Å². The monoisotopic (exact) mass is 399 g/mol. The van der Waals surface area contributed by atoms with Crippen molar-refractivity contribution in [2.45, 2.75) is 31.5 Å². The van der Waals surface area contributed by atoms with Gasteiger partial charge in [0.25, 0.3) is 0 Å². The van der Waals surface area contributed by atoms with E-state index in [1.807, 2.05) is 24.3 Å². The van der Waals surface area contributed by atoms with Crippen LogP contribution in [-0.4, -0.2) is 33.4 Å². The van der Waals surface area contributed by atoms with Gasteiger partial charge in [-0.3, -0.25) is 4.79 Å². The van der Waals surface area contributed by atoms with Gasteiger partial charge in [-0.05, 0) is 61.9 Å². The highest BCUT2D eigenvalue weighted by molar-refractivity contribution is 7.99. The third-order valence-corrected chi connectivity index (χ3v) is 5.38. The Bertz CT molecular complexity index is 924. The summed E-state index contributed by atoms with van der Waals surface area (Å²) in [6.45, 7) is 2.81. The highest BCUT2D eigenvalue weighted by Crippen LogP contribution is 2.26. The smallest absolute Gasteiger partial charge is 0.191 e. The first kappa shape index (κ1) is 20.1. The first-order chi connectivity index (χ1) is 13.6. The van der Waals surface area contributed by atoms with E-state index in [4.69, 9.17) is 4.74 Å². The second-order valence-corrected chi connectivity index (χ2v) is 7.22. The van der Waals surface area contributed by atoms with Gasteiger partial charge < -0.3 is 9.30 Å². The lowest BCUT2D eigenvalue weighted by Gasteiger charge is -2.08. The van der Waals surface area contributed by atoms with Gasteiger partial charge in [0.05, 0.1) is 7.11 Å². The van der Waals surface area contributed by atoms with Crippen LogP contribution >= 0.6 is 11.8 Å². The molecule has 0 bridgehead atoms. The standard InChI is InChI=1S/C21H22FN3O2S/c1-3-25-20(16-8-12-18(27-2)13-9-16)23-24-21(25)28-14-4-5-19(26)15-6-10-17(22)11-7-15/h6-13H,3-5,14H2,1-2H3. The van der Waals surface area contributed by atoms with Gasteiger partial charge >= 0.3 is 0 Å². The van der Waals surface area contributed by atoms with Crippen molar-refractivity contribution in [2.24, 2.45) is 0 Å². The topological polar surface area (TPSA) is 57.0 Å². The summed E-state index contributed by atoms with van der Waals surface area (Å²) in [5.74, 6) is 2.06. The molecule has 0 saturated carbocycles. The fourth-order valence-electron chi connectivity index (χ4n) is 2.81. The minimum Gasteiger partial charge on any atom is -0.497 e. The Morgan fingerprint density at radius 3 is 2.46 bits per heavy atom. The Labute approximate surface area is 167 Å². The summed E-state index contributed by atoms with van der Waals surface area (Å²) in [4.78, 5) is 12.2. The molecule has 0 spiro atoms. The summed E-state index contributed by atoms with van der Waals surface area (Å²) in [6.07, 6.45) is 1.14. The van der Waals surface area contributed by atoms with Crippen LogP contribution in [0.5, 0.6) is 5.75 Å². The Balaban J connectivity index is 1.58. The predicted octanol–water partition coefficient (Wildman–Crippen LogP) is 4.87. The molecule has 0 atom stereocenters. The quantitative estimate of drug-likeness (QED) is 0.292. The second kappa shape index (κ2) is 9.50. The molecule has 5 nitrogen and oxygen atoms in total. The van der Waals surface area contributed by atoms with Crippen LogP contribution in [0, 0.1) is 5.82 Å². The van der Waals surface area contributed by atoms with Crippen LogP contribution in [0.15, 0.2) is 53.7 Å². The minimum atomic E-state index is -0.335. The molecule has 0 fully saturated rings. The largest absolute Gasteiger partial charge is 0.497 e. The van der Waals surface area contributed by atoms with E-state index in [0.717, 1.165) is 41.0 Å². The fraction of sp³-hybridized carbons (Fsp3) is 0.286. The molecule has 0 aliphatic rings. The summed E-state index contributed by atoms with van der Waals surface area (Å²) in [5, 5.41) is 9.48. The van der Waals surface area contributed by atoms with Crippen LogP contribution in [0.25, 0.3) is 11.4 Å². The summed E-state index contributed by atoms with van der Waals surface area (Å²) in [6, 6.07) is 13.4. The summed E-state index contributed by atoms with van der Waals surface area (Å²) < 4.78 is 20.2. The molecular formula is C21H22FN3O2S. The van der Waals surface area contributed by atoms with E-state index in [9.17, 15) is 9.18 Å². The predicted molar refractivity (Wildman–Crippen MR) is 108 cm³/mol. The number of ketones is 1. The van der Waals surface area contributed by atoms with Crippen molar-refractivity contribution in [1.29, 1.82) is 0 Å². The van der Waals surface area contributed by atoms with Gasteiger partial charge in [-0.25, -0.2) is 4.39 Å². The van der Waals surface area contributed by atoms with Crippen molar-refractivity contribution in [1.82, 2.24) is 14.8 Å². The molecule has 1 aromatic heterocycles. The Hall–Kier alpha value is -2.67. The average molecular weight is 399 g/mol. The van der Waals surface area contributed by atoms with Crippen molar-refractivity contribution in [2.75, 3.05) is 12.9 Å². The number of hydrogen-bond acceptors (Lipinski definition) is 5. The first-order valence-electron chi connectivity index (χ1n) is 9.11. The lowest BCUT2D eigenvalue weighted by molar-refractivity contribution is 0.0982. The van der Waals surface area contributed by atoms with Gasteiger partial charge in [-0.2, -0.15) is 0 Å². The molecule has 0 aliphatic carbocycles. The number of nitrogens with zero attached hydrogens (tertiary/aromatic N) is 3. The normalized spacial score (nSPS) is 10.8. The number of benzene rings is 2. The number of aromatic nitrogens is 3. The Morgan fingerprint density at radius 1 is 1.11 bits per heavy atom. The Morgan fingerprint density at radius 2 is 1.82 bits per heavy atom. The molecule has 7 heteroatoms. The van der Waals surface area contributed by atoms with E-state index in [-0.39, 0.29) is 11.6 Å². The first-order valence-corrected chi connectivity index (χ1v) is 10.1. The molecule has 3 rings (SSSR count). The number of carbonyl (C=O) groups excluding carboxylic acids is 1. The fourth-order valence-corrected chi connectivity index (χ4v) is 3.75. The summed E-state index contributed by atoms with van der Waals surface area (Å²) in [5.41, 5.74) is 1.53. The number of thioether (sulfide) groups is 1. The maximum Gasteiger partial charge on any atom is 0.191 e. The average Bonchev–Trinajstić information content (AvgIpc) is 3.14. The maximum atomic E-state index is 12.9. The molecule has 0 radical (unpaired) electrons.